The summed E-state index contributed by atoms with van der Waals surface area (Å²) in [6, 6.07) is 14.8. The Labute approximate surface area is 163 Å². The summed E-state index contributed by atoms with van der Waals surface area (Å²) in [7, 11) is 0. The van der Waals surface area contributed by atoms with Crippen LogP contribution in [0.1, 0.15) is 41.5 Å². The molecule has 4 rings (SSSR count). The van der Waals surface area contributed by atoms with Gasteiger partial charge in [0.15, 0.2) is 5.78 Å². The van der Waals surface area contributed by atoms with E-state index in [4.69, 9.17) is 0 Å². The van der Waals surface area contributed by atoms with Gasteiger partial charge < -0.3 is 10.4 Å². The highest BCUT2D eigenvalue weighted by Gasteiger charge is 2.28. The number of hydrogen-bond acceptors (Lipinski definition) is 3. The van der Waals surface area contributed by atoms with Crippen molar-refractivity contribution in [3.63, 3.8) is 0 Å². The largest absolute Gasteiger partial charge is 0.511 e. The summed E-state index contributed by atoms with van der Waals surface area (Å²) in [5.41, 5.74) is 3.84. The monoisotopic (exact) mass is 379 g/mol. The summed E-state index contributed by atoms with van der Waals surface area (Å²) < 4.78 is 13.1. The second kappa shape index (κ2) is 8.07. The standard InChI is InChI=1S/C23H23FN2O2/c24-18-7-5-15(6-8-18)17-11-22(27)20(23(28)12-17)13-25-14-21-19-4-2-1-3-16(19)9-10-26-21/h1-8,13,17,21,26-27H,9-12,14H2/p+1. The maximum absolute atomic E-state index is 13.1. The van der Waals surface area contributed by atoms with Crippen LogP contribution in [0.3, 0.4) is 0 Å². The van der Waals surface area contributed by atoms with Gasteiger partial charge in [-0.15, -0.1) is 0 Å². The Morgan fingerprint density at radius 3 is 2.71 bits per heavy atom. The number of aliphatic imine (C=N–C) groups is 1. The molecular formula is C23H24FN2O2+. The summed E-state index contributed by atoms with van der Waals surface area (Å²) in [6.07, 6.45) is 3.27. The van der Waals surface area contributed by atoms with Crippen LogP contribution in [0.4, 0.5) is 4.39 Å². The van der Waals surface area contributed by atoms with Crippen LogP contribution >= 0.6 is 0 Å². The van der Waals surface area contributed by atoms with Crippen molar-refractivity contribution in [2.24, 2.45) is 4.99 Å². The molecule has 1 heterocycles. The molecule has 4 nitrogen and oxygen atoms in total. The summed E-state index contributed by atoms with van der Waals surface area (Å²) in [4.78, 5) is 17.0. The molecule has 2 aliphatic rings. The Kier molecular flexibility index (Phi) is 5.35. The van der Waals surface area contributed by atoms with Gasteiger partial charge in [0.25, 0.3) is 0 Å². The lowest BCUT2D eigenvalue weighted by atomic mass is 9.83. The third kappa shape index (κ3) is 3.90. The van der Waals surface area contributed by atoms with E-state index in [2.05, 4.69) is 28.5 Å². The van der Waals surface area contributed by atoms with Gasteiger partial charge in [0.1, 0.15) is 17.6 Å². The quantitative estimate of drug-likeness (QED) is 0.802. The Morgan fingerprint density at radius 1 is 1.14 bits per heavy atom. The van der Waals surface area contributed by atoms with Crippen molar-refractivity contribution in [3.8, 4) is 0 Å². The first-order valence-corrected chi connectivity index (χ1v) is 9.73. The van der Waals surface area contributed by atoms with Crippen molar-refractivity contribution in [2.45, 2.75) is 31.2 Å². The van der Waals surface area contributed by atoms with Gasteiger partial charge in [-0.1, -0.05) is 36.4 Å². The molecule has 144 valence electrons. The molecule has 0 spiro atoms. The summed E-state index contributed by atoms with van der Waals surface area (Å²) in [5.74, 6) is -0.472. The maximum Gasteiger partial charge on any atom is 0.168 e. The molecule has 0 amide bonds. The van der Waals surface area contributed by atoms with E-state index >= 15 is 0 Å². The predicted molar refractivity (Wildman–Crippen MR) is 106 cm³/mol. The molecule has 3 N–H and O–H groups in total. The van der Waals surface area contributed by atoms with Crippen molar-refractivity contribution < 1.29 is 19.6 Å². The number of aliphatic hydroxyl groups excluding tert-OH is 1. The predicted octanol–water partition coefficient (Wildman–Crippen LogP) is 3.02. The minimum Gasteiger partial charge on any atom is -0.511 e. The minimum absolute atomic E-state index is 0.0716. The van der Waals surface area contributed by atoms with Crippen LogP contribution in [0.25, 0.3) is 0 Å². The van der Waals surface area contributed by atoms with Crippen molar-refractivity contribution in [1.82, 2.24) is 0 Å². The van der Waals surface area contributed by atoms with Gasteiger partial charge in [-0.25, -0.2) is 4.39 Å². The molecule has 2 unspecified atom stereocenters. The van der Waals surface area contributed by atoms with Crippen molar-refractivity contribution >= 4 is 12.0 Å². The van der Waals surface area contributed by atoms with Crippen LogP contribution in [0.5, 0.6) is 0 Å². The van der Waals surface area contributed by atoms with Crippen molar-refractivity contribution in [3.05, 3.63) is 82.4 Å². The summed E-state index contributed by atoms with van der Waals surface area (Å²) >= 11 is 0. The lowest BCUT2D eigenvalue weighted by Gasteiger charge is -2.23. The first-order valence-electron chi connectivity index (χ1n) is 9.73. The highest BCUT2D eigenvalue weighted by atomic mass is 19.1. The van der Waals surface area contributed by atoms with Crippen LogP contribution in [0, 0.1) is 5.82 Å². The maximum atomic E-state index is 13.1. The zero-order valence-corrected chi connectivity index (χ0v) is 15.6. The number of Topliss-reactive ketones (excluding diaryl/α,β-unsaturated/α-hetero) is 1. The van der Waals surface area contributed by atoms with Crippen LogP contribution in [0.15, 0.2) is 64.9 Å². The second-order valence-electron chi connectivity index (χ2n) is 7.51. The van der Waals surface area contributed by atoms with Crippen LogP contribution < -0.4 is 5.32 Å². The third-order valence-corrected chi connectivity index (χ3v) is 5.67. The van der Waals surface area contributed by atoms with E-state index in [-0.39, 0.29) is 29.3 Å². The molecule has 2 aromatic rings. The molecular weight excluding hydrogens is 355 g/mol. The zero-order chi connectivity index (χ0) is 19.5. The average Bonchev–Trinajstić information content (AvgIpc) is 2.70. The summed E-state index contributed by atoms with van der Waals surface area (Å²) in [6.45, 7) is 1.60. The lowest BCUT2D eigenvalue weighted by molar-refractivity contribution is -0.696. The number of carbonyl (C=O) groups is 1. The number of benzene rings is 2. The molecule has 0 saturated carbocycles. The first-order chi connectivity index (χ1) is 13.6. The second-order valence-corrected chi connectivity index (χ2v) is 7.51. The van der Waals surface area contributed by atoms with E-state index in [9.17, 15) is 14.3 Å². The van der Waals surface area contributed by atoms with Crippen molar-refractivity contribution in [1.29, 1.82) is 0 Å². The molecule has 0 saturated heterocycles. The van der Waals surface area contributed by atoms with Gasteiger partial charge in [0.2, 0.25) is 0 Å². The van der Waals surface area contributed by atoms with E-state index < -0.39 is 0 Å². The van der Waals surface area contributed by atoms with Gasteiger partial charge in [-0.3, -0.25) is 9.79 Å². The fraction of sp³-hybridized carbons (Fsp3) is 0.304. The Bertz CT molecular complexity index is 934. The number of rotatable bonds is 4. The average molecular weight is 379 g/mol. The number of carbonyl (C=O) groups excluding carboxylic acids is 1. The summed E-state index contributed by atoms with van der Waals surface area (Å²) in [5, 5.41) is 12.7. The number of halogens is 1. The molecule has 0 aromatic heterocycles. The molecule has 1 aliphatic heterocycles. The van der Waals surface area contributed by atoms with Crippen LogP contribution in [-0.2, 0) is 11.2 Å². The number of quaternary nitrogens is 1. The molecule has 2 atom stereocenters. The third-order valence-electron chi connectivity index (χ3n) is 5.67. The Hall–Kier alpha value is -2.79. The fourth-order valence-electron chi connectivity index (χ4n) is 4.15. The number of nitrogens with zero attached hydrogens (tertiary/aromatic N) is 1. The molecule has 28 heavy (non-hydrogen) atoms. The normalized spacial score (nSPS) is 22.5. The van der Waals surface area contributed by atoms with E-state index in [1.165, 1.54) is 29.5 Å². The number of fused-ring (bicyclic) bond motifs is 1. The van der Waals surface area contributed by atoms with Gasteiger partial charge in [-0.2, -0.15) is 0 Å². The Balaban J connectivity index is 1.45. The van der Waals surface area contributed by atoms with Crippen LogP contribution in [-0.4, -0.2) is 30.2 Å². The number of ketones is 1. The minimum atomic E-state index is -0.306. The molecule has 1 aliphatic carbocycles. The smallest absolute Gasteiger partial charge is 0.168 e. The van der Waals surface area contributed by atoms with E-state index in [1.807, 2.05) is 6.07 Å². The van der Waals surface area contributed by atoms with E-state index in [0.29, 0.717) is 25.0 Å². The molecule has 2 aromatic carbocycles. The number of allylic oxidation sites excluding steroid dienone is 2. The molecule has 0 bridgehead atoms. The van der Waals surface area contributed by atoms with Gasteiger partial charge in [-0.05, 0) is 29.2 Å². The number of aliphatic hydroxyl groups is 1. The fourth-order valence-corrected chi connectivity index (χ4v) is 4.15. The topological polar surface area (TPSA) is 66.3 Å². The van der Waals surface area contributed by atoms with Gasteiger partial charge >= 0.3 is 0 Å². The van der Waals surface area contributed by atoms with E-state index in [0.717, 1.165) is 18.5 Å². The van der Waals surface area contributed by atoms with Gasteiger partial charge in [0.05, 0.1) is 18.7 Å². The number of hydrogen-bond donors (Lipinski definition) is 2. The molecule has 0 fully saturated rings. The SMILES string of the molecule is O=C1CC(c2ccc(F)cc2)CC(O)=C1C=NCC1[NH2+]CCc2ccccc21. The number of nitrogens with two attached hydrogens (primary N) is 1. The van der Waals surface area contributed by atoms with Crippen molar-refractivity contribution in [2.75, 3.05) is 13.1 Å². The molecule has 5 heteroatoms. The zero-order valence-electron chi connectivity index (χ0n) is 15.6. The Morgan fingerprint density at radius 2 is 1.93 bits per heavy atom. The highest BCUT2D eigenvalue weighted by Crippen LogP contribution is 2.33. The lowest BCUT2D eigenvalue weighted by Crippen LogP contribution is -2.87. The highest BCUT2D eigenvalue weighted by molar-refractivity contribution is 6.14. The van der Waals surface area contributed by atoms with E-state index in [1.54, 1.807) is 12.1 Å². The molecule has 0 radical (unpaired) electrons. The van der Waals surface area contributed by atoms with Crippen LogP contribution in [0.2, 0.25) is 0 Å². The van der Waals surface area contributed by atoms with Gasteiger partial charge in [0, 0.05) is 31.0 Å². The first kappa shape index (κ1) is 18.6.